The number of allylic oxidation sites excluding steroid dienone is 4. The Hall–Kier alpha value is -13.8. The lowest BCUT2D eigenvalue weighted by atomic mass is 9.90. The molecular weight excluding hydrogens is 1270 g/mol. The molecule has 18 aromatic rings. The standard InChI is InChI=1S/C96H64N8/c1-7-26-63(27-8-1)73-52-54-85-83(61-73)89-81(75-42-20-44-77(57-75)95-99-91(65-30-11-3-12-31-65)97-92(100-95)66-32-13-4-14-33-66)48-24-50-87(89)103(85)79-46-22-40-71(59-79)69-38-19-39-70(56-69)72-41-23-47-80(60-72)104-86-55-53-74(64-28-9-2-10-29-64)62-84(86)90-82(49-25-51-88(90)104)76-43-21-45-78(58-76)96-101-93(67-34-15-5-16-35-67)98-94(102-96)68-36-17-6-18-37-68/h1-18,20-38,40-62H,19,39H2. The zero-order chi connectivity index (χ0) is 68.9. The topological polar surface area (TPSA) is 87.2 Å². The molecule has 1 aliphatic carbocycles. The van der Waals surface area contributed by atoms with Gasteiger partial charge in [-0.1, -0.05) is 291 Å². The van der Waals surface area contributed by atoms with Gasteiger partial charge in [-0.3, -0.25) is 0 Å². The highest BCUT2D eigenvalue weighted by Gasteiger charge is 2.23. The maximum absolute atomic E-state index is 5.14. The summed E-state index contributed by atoms with van der Waals surface area (Å²) in [5.74, 6) is 3.74. The molecule has 0 N–H and O–H groups in total. The molecule has 104 heavy (non-hydrogen) atoms. The number of hydrogen-bond acceptors (Lipinski definition) is 6. The van der Waals surface area contributed by atoms with E-state index in [2.05, 4.69) is 300 Å². The average Bonchev–Trinajstić information content (AvgIpc) is 1.58. The van der Waals surface area contributed by atoms with Crippen LogP contribution in [-0.2, 0) is 0 Å². The predicted molar refractivity (Wildman–Crippen MR) is 428 cm³/mol. The van der Waals surface area contributed by atoms with Gasteiger partial charge in [0.05, 0.1) is 22.1 Å². The van der Waals surface area contributed by atoms with E-state index in [1.165, 1.54) is 49.4 Å². The Morgan fingerprint density at radius 2 is 0.548 bits per heavy atom. The number of aromatic nitrogens is 8. The molecule has 8 heteroatoms. The fraction of sp³-hybridized carbons (Fsp3) is 0.0208. The van der Waals surface area contributed by atoms with Crippen molar-refractivity contribution in [1.82, 2.24) is 39.0 Å². The fourth-order valence-corrected chi connectivity index (χ4v) is 15.1. The highest BCUT2D eigenvalue weighted by Crippen LogP contribution is 2.45. The van der Waals surface area contributed by atoms with E-state index in [0.29, 0.717) is 34.9 Å². The Bertz CT molecular complexity index is 6260. The van der Waals surface area contributed by atoms with Crippen molar-refractivity contribution < 1.29 is 0 Å². The highest BCUT2D eigenvalue weighted by atomic mass is 15.0. The largest absolute Gasteiger partial charge is 0.309 e. The second kappa shape index (κ2) is 26.4. The summed E-state index contributed by atoms with van der Waals surface area (Å²) in [6.07, 6.45) is 6.65. The minimum atomic E-state index is 0.614. The number of fused-ring (bicyclic) bond motifs is 6. The minimum absolute atomic E-state index is 0.614. The molecule has 0 fully saturated rings. The molecule has 4 aromatic heterocycles. The van der Waals surface area contributed by atoms with Crippen LogP contribution in [0.4, 0.5) is 0 Å². The lowest BCUT2D eigenvalue weighted by Gasteiger charge is -2.17. The van der Waals surface area contributed by atoms with Crippen LogP contribution in [0.15, 0.2) is 364 Å². The summed E-state index contributed by atoms with van der Waals surface area (Å²) in [4.78, 5) is 30.6. The molecule has 0 radical (unpaired) electrons. The van der Waals surface area contributed by atoms with Gasteiger partial charge >= 0.3 is 0 Å². The zero-order valence-electron chi connectivity index (χ0n) is 56.6. The molecular formula is C96H64N8. The van der Waals surface area contributed by atoms with Crippen molar-refractivity contribution in [1.29, 1.82) is 0 Å². The lowest BCUT2D eigenvalue weighted by Crippen LogP contribution is -2.00. The van der Waals surface area contributed by atoms with E-state index in [9.17, 15) is 0 Å². The Labute approximate surface area is 602 Å². The Balaban J connectivity index is 0.697. The molecule has 0 unspecified atom stereocenters. The van der Waals surface area contributed by atoms with E-state index < -0.39 is 0 Å². The van der Waals surface area contributed by atoms with E-state index >= 15 is 0 Å². The predicted octanol–water partition coefficient (Wildman–Crippen LogP) is 24.2. The summed E-state index contributed by atoms with van der Waals surface area (Å²) < 4.78 is 4.91. The SMILES string of the molecule is C1=C(c2cccc(-n3c4ccc(-c5ccccc5)cc4c4c(-c5cccc(-c6nc(-c7ccccc7)nc(-c7ccccc7)n6)c5)cccc43)c2)C=C(c2cccc(-n3c4ccc(-c5ccccc5)cc4c4c(-c5cccc(-c6nc(-c7ccccc7)nc(-c7ccccc7)n6)c5)cccc43)c2)CC1. The number of rotatable bonds is 14. The van der Waals surface area contributed by atoms with Crippen molar-refractivity contribution in [3.63, 3.8) is 0 Å². The third-order valence-electron chi connectivity index (χ3n) is 20.1. The first-order chi connectivity index (χ1) is 51.5. The van der Waals surface area contributed by atoms with Crippen molar-refractivity contribution in [2.75, 3.05) is 0 Å². The maximum Gasteiger partial charge on any atom is 0.164 e. The van der Waals surface area contributed by atoms with Crippen LogP contribution in [0, 0.1) is 0 Å². The van der Waals surface area contributed by atoms with Crippen molar-refractivity contribution in [2.45, 2.75) is 12.8 Å². The van der Waals surface area contributed by atoms with Gasteiger partial charge in [0.15, 0.2) is 34.9 Å². The first-order valence-corrected chi connectivity index (χ1v) is 35.4. The minimum Gasteiger partial charge on any atom is -0.309 e. The fourth-order valence-electron chi connectivity index (χ4n) is 15.1. The third-order valence-corrected chi connectivity index (χ3v) is 20.1. The Morgan fingerprint density at radius 1 is 0.221 bits per heavy atom. The van der Waals surface area contributed by atoms with Crippen LogP contribution in [0.25, 0.3) is 179 Å². The molecule has 0 spiro atoms. The summed E-state index contributed by atoms with van der Waals surface area (Å²) in [6, 6.07) is 125. The van der Waals surface area contributed by atoms with Crippen LogP contribution in [0.3, 0.4) is 0 Å². The molecule has 0 aliphatic heterocycles. The summed E-state index contributed by atoms with van der Waals surface area (Å²) in [5.41, 5.74) is 26.1. The third kappa shape index (κ3) is 11.4. The highest BCUT2D eigenvalue weighted by molar-refractivity contribution is 6.18. The van der Waals surface area contributed by atoms with Gasteiger partial charge < -0.3 is 9.13 Å². The molecule has 4 heterocycles. The molecule has 1 aliphatic rings. The van der Waals surface area contributed by atoms with Crippen LogP contribution in [0.2, 0.25) is 0 Å². The molecule has 488 valence electrons. The second-order valence-electron chi connectivity index (χ2n) is 26.5. The van der Waals surface area contributed by atoms with Crippen LogP contribution in [0.5, 0.6) is 0 Å². The summed E-state index contributed by atoms with van der Waals surface area (Å²) in [7, 11) is 0. The van der Waals surface area contributed by atoms with Crippen LogP contribution in [-0.4, -0.2) is 39.0 Å². The molecule has 0 saturated heterocycles. The lowest BCUT2D eigenvalue weighted by molar-refractivity contribution is 1.06. The zero-order valence-corrected chi connectivity index (χ0v) is 56.6. The maximum atomic E-state index is 5.14. The van der Waals surface area contributed by atoms with Gasteiger partial charge in [0.1, 0.15) is 0 Å². The van der Waals surface area contributed by atoms with Crippen molar-refractivity contribution >= 4 is 54.8 Å². The molecule has 0 atom stereocenters. The van der Waals surface area contributed by atoms with Crippen LogP contribution >= 0.6 is 0 Å². The molecule has 8 nitrogen and oxygen atoms in total. The van der Waals surface area contributed by atoms with E-state index in [-0.39, 0.29) is 0 Å². The molecule has 0 amide bonds. The quantitative estimate of drug-likeness (QED) is 0.108. The first kappa shape index (κ1) is 61.3. The monoisotopic (exact) mass is 1330 g/mol. The average molecular weight is 1330 g/mol. The normalized spacial score (nSPS) is 12.3. The van der Waals surface area contributed by atoms with E-state index in [1.807, 2.05) is 72.8 Å². The molecule has 14 aromatic carbocycles. The van der Waals surface area contributed by atoms with Gasteiger partial charge in [-0.15, -0.1) is 0 Å². The van der Waals surface area contributed by atoms with Crippen molar-refractivity contribution in [2.24, 2.45) is 0 Å². The van der Waals surface area contributed by atoms with E-state index in [1.54, 1.807) is 0 Å². The smallest absolute Gasteiger partial charge is 0.164 e. The molecule has 0 bridgehead atoms. The van der Waals surface area contributed by atoms with Gasteiger partial charge in [0.25, 0.3) is 0 Å². The van der Waals surface area contributed by atoms with Gasteiger partial charge in [0.2, 0.25) is 0 Å². The van der Waals surface area contributed by atoms with Gasteiger partial charge in [-0.25, -0.2) is 29.9 Å². The molecule has 19 rings (SSSR count). The van der Waals surface area contributed by atoms with Crippen molar-refractivity contribution in [3.8, 4) is 124 Å². The van der Waals surface area contributed by atoms with Gasteiger partial charge in [-0.2, -0.15) is 0 Å². The van der Waals surface area contributed by atoms with Crippen LogP contribution < -0.4 is 0 Å². The Morgan fingerprint density at radius 3 is 0.962 bits per heavy atom. The summed E-state index contributed by atoms with van der Waals surface area (Å²) in [5, 5.41) is 4.68. The summed E-state index contributed by atoms with van der Waals surface area (Å²) >= 11 is 0. The Kier molecular flexibility index (Phi) is 15.5. The van der Waals surface area contributed by atoms with E-state index in [0.717, 1.165) is 119 Å². The van der Waals surface area contributed by atoms with Gasteiger partial charge in [-0.05, 0) is 152 Å². The number of hydrogen-bond donors (Lipinski definition) is 0. The molecule has 0 saturated carbocycles. The first-order valence-electron chi connectivity index (χ1n) is 35.4. The number of benzene rings is 14. The van der Waals surface area contributed by atoms with Crippen molar-refractivity contribution in [3.05, 3.63) is 375 Å². The number of nitrogens with zero attached hydrogens (tertiary/aromatic N) is 8. The summed E-state index contributed by atoms with van der Waals surface area (Å²) in [6.45, 7) is 0. The van der Waals surface area contributed by atoms with Crippen LogP contribution in [0.1, 0.15) is 24.0 Å². The van der Waals surface area contributed by atoms with E-state index in [4.69, 9.17) is 29.9 Å². The van der Waals surface area contributed by atoms with Gasteiger partial charge in [0, 0.05) is 66.3 Å². The second-order valence-corrected chi connectivity index (χ2v) is 26.5.